The van der Waals surface area contributed by atoms with Crippen LogP contribution in [0.1, 0.15) is 55.5 Å². The van der Waals surface area contributed by atoms with Crippen molar-refractivity contribution >= 4 is 6.21 Å². The van der Waals surface area contributed by atoms with Crippen molar-refractivity contribution in [2.75, 3.05) is 7.05 Å². The van der Waals surface area contributed by atoms with E-state index in [1.54, 1.807) is 0 Å². The van der Waals surface area contributed by atoms with Crippen LogP contribution in [0.3, 0.4) is 0 Å². The predicted molar refractivity (Wildman–Crippen MR) is 90.7 cm³/mol. The second-order valence-electron chi connectivity index (χ2n) is 6.95. The van der Waals surface area contributed by atoms with Crippen LogP contribution in [-0.4, -0.2) is 13.3 Å². The molecule has 1 aliphatic carbocycles. The van der Waals surface area contributed by atoms with E-state index in [9.17, 15) is 0 Å². The predicted octanol–water partition coefficient (Wildman–Crippen LogP) is 4.70. The Balaban J connectivity index is 2.42. The molecule has 0 radical (unpaired) electrons. The van der Waals surface area contributed by atoms with Crippen molar-refractivity contribution in [1.29, 1.82) is 0 Å². The van der Waals surface area contributed by atoms with Gasteiger partial charge in [0.15, 0.2) is 0 Å². The normalized spacial score (nSPS) is 18.3. The molecule has 0 N–H and O–H groups in total. The highest BCUT2D eigenvalue weighted by Crippen LogP contribution is 2.50. The summed E-state index contributed by atoms with van der Waals surface area (Å²) in [6.45, 7) is 9.30. The highest BCUT2D eigenvalue weighted by atomic mass is 14.6. The molecule has 108 valence electrons. The van der Waals surface area contributed by atoms with Crippen molar-refractivity contribution < 1.29 is 0 Å². The fourth-order valence-electron chi connectivity index (χ4n) is 3.89. The first kappa shape index (κ1) is 14.1. The van der Waals surface area contributed by atoms with Gasteiger partial charge in [-0.25, -0.2) is 0 Å². The maximum atomic E-state index is 4.26. The lowest BCUT2D eigenvalue weighted by molar-refractivity contribution is 0.520. The third kappa shape index (κ3) is 1.87. The van der Waals surface area contributed by atoms with Crippen LogP contribution in [-0.2, 0) is 10.8 Å². The highest BCUT2D eigenvalue weighted by molar-refractivity contribution is 5.84. The van der Waals surface area contributed by atoms with E-state index < -0.39 is 0 Å². The van der Waals surface area contributed by atoms with Gasteiger partial charge in [-0.1, -0.05) is 70.2 Å². The minimum Gasteiger partial charge on any atom is -0.296 e. The lowest BCUT2D eigenvalue weighted by Crippen LogP contribution is -2.37. The smallest absolute Gasteiger partial charge is 0.0284 e. The molecule has 1 nitrogen and oxygen atoms in total. The Labute approximate surface area is 127 Å². The molecule has 21 heavy (non-hydrogen) atoms. The van der Waals surface area contributed by atoms with E-state index in [-0.39, 0.29) is 10.8 Å². The molecule has 0 amide bonds. The SMILES string of the molecule is CN=Cc1cccc2c1C(C)(C)c1ccccc1C2(C)C. The molecular formula is C20H23N. The third-order valence-electron chi connectivity index (χ3n) is 4.94. The number of fused-ring (bicyclic) bond motifs is 2. The molecule has 0 aromatic heterocycles. The van der Waals surface area contributed by atoms with Crippen molar-refractivity contribution in [1.82, 2.24) is 0 Å². The first-order valence-corrected chi connectivity index (χ1v) is 7.57. The van der Waals surface area contributed by atoms with Crippen LogP contribution in [0.2, 0.25) is 0 Å². The van der Waals surface area contributed by atoms with Gasteiger partial charge in [-0.2, -0.15) is 0 Å². The maximum Gasteiger partial charge on any atom is 0.0284 e. The second-order valence-corrected chi connectivity index (χ2v) is 6.95. The average Bonchev–Trinajstić information content (AvgIpc) is 2.46. The van der Waals surface area contributed by atoms with E-state index in [1.165, 1.54) is 27.8 Å². The Morgan fingerprint density at radius 3 is 1.95 bits per heavy atom. The fourth-order valence-corrected chi connectivity index (χ4v) is 3.89. The molecule has 1 heteroatoms. The summed E-state index contributed by atoms with van der Waals surface area (Å²) < 4.78 is 0. The largest absolute Gasteiger partial charge is 0.296 e. The van der Waals surface area contributed by atoms with Crippen LogP contribution < -0.4 is 0 Å². The van der Waals surface area contributed by atoms with Crippen LogP contribution >= 0.6 is 0 Å². The Morgan fingerprint density at radius 2 is 1.33 bits per heavy atom. The number of aliphatic imine (C=N–C) groups is 1. The van der Waals surface area contributed by atoms with Gasteiger partial charge in [-0.15, -0.1) is 0 Å². The van der Waals surface area contributed by atoms with Gasteiger partial charge < -0.3 is 0 Å². The van der Waals surface area contributed by atoms with Gasteiger partial charge >= 0.3 is 0 Å². The van der Waals surface area contributed by atoms with Gasteiger partial charge in [0.05, 0.1) is 0 Å². The van der Waals surface area contributed by atoms with Crippen LogP contribution in [0.15, 0.2) is 47.5 Å². The quantitative estimate of drug-likeness (QED) is 0.670. The highest BCUT2D eigenvalue weighted by Gasteiger charge is 2.42. The topological polar surface area (TPSA) is 12.4 Å². The lowest BCUT2D eigenvalue weighted by Gasteiger charge is -2.44. The molecule has 3 rings (SSSR count). The molecule has 0 atom stereocenters. The van der Waals surface area contributed by atoms with Crippen molar-refractivity contribution in [2.24, 2.45) is 4.99 Å². The summed E-state index contributed by atoms with van der Waals surface area (Å²) in [5, 5.41) is 0. The summed E-state index contributed by atoms with van der Waals surface area (Å²) >= 11 is 0. The van der Waals surface area contributed by atoms with Crippen molar-refractivity contribution in [3.63, 3.8) is 0 Å². The number of hydrogen-bond donors (Lipinski definition) is 0. The first-order chi connectivity index (χ1) is 9.90. The molecule has 0 aliphatic heterocycles. The van der Waals surface area contributed by atoms with Gasteiger partial charge in [0, 0.05) is 24.1 Å². The Bertz CT molecular complexity index is 720. The van der Waals surface area contributed by atoms with E-state index in [1.807, 2.05) is 13.3 Å². The maximum absolute atomic E-state index is 4.26. The van der Waals surface area contributed by atoms with Crippen LogP contribution in [0.4, 0.5) is 0 Å². The third-order valence-corrected chi connectivity index (χ3v) is 4.94. The van der Waals surface area contributed by atoms with Gasteiger partial charge in [-0.3, -0.25) is 4.99 Å². The number of hydrogen-bond acceptors (Lipinski definition) is 1. The molecule has 0 saturated carbocycles. The standard InChI is InChI=1S/C20H23N/c1-19(2)15-10-6-7-11-16(15)20(3,4)18-14(13-21-5)9-8-12-17(18)19/h6-13H,1-5H3. The van der Waals surface area contributed by atoms with Gasteiger partial charge in [0.1, 0.15) is 0 Å². The Kier molecular flexibility index (Phi) is 3.05. The average molecular weight is 277 g/mol. The van der Waals surface area contributed by atoms with Crippen LogP contribution in [0.5, 0.6) is 0 Å². The Hall–Kier alpha value is -1.89. The zero-order valence-electron chi connectivity index (χ0n) is 13.6. The number of benzene rings is 2. The minimum atomic E-state index is -0.000764. The van der Waals surface area contributed by atoms with Crippen LogP contribution in [0, 0.1) is 0 Å². The Morgan fingerprint density at radius 1 is 0.762 bits per heavy atom. The minimum absolute atomic E-state index is 0.000764. The number of rotatable bonds is 1. The molecule has 0 saturated heterocycles. The number of nitrogens with zero attached hydrogens (tertiary/aromatic N) is 1. The first-order valence-electron chi connectivity index (χ1n) is 7.57. The summed E-state index contributed by atoms with van der Waals surface area (Å²) in [4.78, 5) is 4.26. The molecule has 1 aliphatic rings. The fraction of sp³-hybridized carbons (Fsp3) is 0.350. The van der Waals surface area contributed by atoms with Crippen molar-refractivity contribution in [2.45, 2.75) is 38.5 Å². The summed E-state index contributed by atoms with van der Waals surface area (Å²) in [7, 11) is 1.84. The van der Waals surface area contributed by atoms with Crippen LogP contribution in [0.25, 0.3) is 0 Å². The molecule has 0 bridgehead atoms. The van der Waals surface area contributed by atoms with E-state index in [2.05, 4.69) is 75.2 Å². The summed E-state index contributed by atoms with van der Waals surface area (Å²) in [6.07, 6.45) is 1.99. The van der Waals surface area contributed by atoms with Crippen molar-refractivity contribution in [3.8, 4) is 0 Å². The van der Waals surface area contributed by atoms with E-state index >= 15 is 0 Å². The molecule has 2 aromatic rings. The van der Waals surface area contributed by atoms with Gasteiger partial charge in [0.2, 0.25) is 0 Å². The molecule has 0 heterocycles. The van der Waals surface area contributed by atoms with Gasteiger partial charge in [-0.05, 0) is 27.8 Å². The summed E-state index contributed by atoms with van der Waals surface area (Å²) in [6, 6.07) is 15.5. The lowest BCUT2D eigenvalue weighted by atomic mass is 9.59. The van der Waals surface area contributed by atoms with E-state index in [4.69, 9.17) is 0 Å². The molecule has 0 fully saturated rings. The second kappa shape index (κ2) is 4.56. The van der Waals surface area contributed by atoms with E-state index in [0.717, 1.165) is 0 Å². The monoisotopic (exact) mass is 277 g/mol. The van der Waals surface area contributed by atoms with Gasteiger partial charge in [0.25, 0.3) is 0 Å². The zero-order chi connectivity index (χ0) is 15.3. The summed E-state index contributed by atoms with van der Waals surface area (Å²) in [5.74, 6) is 0. The zero-order valence-corrected chi connectivity index (χ0v) is 13.6. The molecule has 0 unspecified atom stereocenters. The molecular weight excluding hydrogens is 254 g/mol. The molecule has 0 spiro atoms. The molecule has 2 aromatic carbocycles. The van der Waals surface area contributed by atoms with Crippen molar-refractivity contribution in [3.05, 3.63) is 70.3 Å². The summed E-state index contributed by atoms with van der Waals surface area (Å²) in [5.41, 5.74) is 6.97. The van der Waals surface area contributed by atoms with E-state index in [0.29, 0.717) is 0 Å².